The van der Waals surface area contributed by atoms with Gasteiger partial charge in [-0.3, -0.25) is 0 Å². The molecule has 0 aliphatic rings. The van der Waals surface area contributed by atoms with E-state index in [1.807, 2.05) is 24.3 Å². The summed E-state index contributed by atoms with van der Waals surface area (Å²) in [6.45, 7) is 3.66. The van der Waals surface area contributed by atoms with Crippen LogP contribution in [0.4, 0.5) is 0 Å². The first-order valence-corrected chi connectivity index (χ1v) is 4.42. The van der Waals surface area contributed by atoms with Gasteiger partial charge in [0.15, 0.2) is 0 Å². The highest BCUT2D eigenvalue weighted by Crippen LogP contribution is 1.98. The predicted molar refractivity (Wildman–Crippen MR) is 55.3 cm³/mol. The Hall–Kier alpha value is -0.690. The summed E-state index contributed by atoms with van der Waals surface area (Å²) < 4.78 is 0. The van der Waals surface area contributed by atoms with Crippen molar-refractivity contribution in [2.45, 2.75) is 6.42 Å². The molecule has 1 rings (SSSR count). The van der Waals surface area contributed by atoms with E-state index in [0.29, 0.717) is 0 Å². The molecule has 0 nitrogen and oxygen atoms in total. The summed E-state index contributed by atoms with van der Waals surface area (Å²) in [6.07, 6.45) is 4.58. The van der Waals surface area contributed by atoms with Gasteiger partial charge in [0.1, 0.15) is 0 Å². The minimum Gasteiger partial charge on any atom is -0.183 e. The quantitative estimate of drug-likeness (QED) is 0.507. The van der Waals surface area contributed by atoms with Crippen molar-refractivity contribution in [2.24, 2.45) is 0 Å². The Morgan fingerprint density at radius 2 is 1.82 bits per heavy atom. The largest absolute Gasteiger partial charge is 0.183 e. The van der Waals surface area contributed by atoms with Gasteiger partial charge in [0, 0.05) is 0 Å². The van der Waals surface area contributed by atoms with E-state index in [1.165, 1.54) is 5.56 Å². The molecule has 1 heteroatoms. The van der Waals surface area contributed by atoms with Gasteiger partial charge in [0.25, 0.3) is 0 Å². The van der Waals surface area contributed by atoms with Crippen molar-refractivity contribution in [2.75, 3.05) is 6.26 Å². The fourth-order valence-corrected chi connectivity index (χ4v) is 0.781. The summed E-state index contributed by atoms with van der Waals surface area (Å²) in [6, 6.07) is 10.3. The summed E-state index contributed by atoms with van der Waals surface area (Å²) >= 11 is 3.53. The lowest BCUT2D eigenvalue weighted by Gasteiger charge is -1.91. The summed E-state index contributed by atoms with van der Waals surface area (Å²) in [5.41, 5.74) is 1.33. The van der Waals surface area contributed by atoms with Gasteiger partial charge in [-0.1, -0.05) is 36.4 Å². The Kier molecular flexibility index (Phi) is 6.95. The molecular weight excluding hydrogens is 152 g/mol. The van der Waals surface area contributed by atoms with E-state index < -0.39 is 0 Å². The highest BCUT2D eigenvalue weighted by molar-refractivity contribution is 7.79. The van der Waals surface area contributed by atoms with Gasteiger partial charge < -0.3 is 0 Å². The molecule has 60 valence electrons. The van der Waals surface area contributed by atoms with Crippen molar-refractivity contribution in [3.05, 3.63) is 48.6 Å². The Bertz CT molecular complexity index is 179. The predicted octanol–water partition coefficient (Wildman–Crippen LogP) is 2.96. The molecule has 1 aromatic rings. The van der Waals surface area contributed by atoms with Crippen LogP contribution in [0.5, 0.6) is 0 Å². The van der Waals surface area contributed by atoms with Crippen LogP contribution in [0, 0.1) is 0 Å². The zero-order valence-electron chi connectivity index (χ0n) is 6.83. The second kappa shape index (κ2) is 7.42. The van der Waals surface area contributed by atoms with Gasteiger partial charge in [0.05, 0.1) is 0 Å². The third-order valence-corrected chi connectivity index (χ3v) is 1.22. The van der Waals surface area contributed by atoms with E-state index in [-0.39, 0.29) is 0 Å². The zero-order valence-corrected chi connectivity index (χ0v) is 7.72. The van der Waals surface area contributed by atoms with Gasteiger partial charge >= 0.3 is 0 Å². The third-order valence-electron chi connectivity index (χ3n) is 1.22. The van der Waals surface area contributed by atoms with Crippen molar-refractivity contribution in [3.8, 4) is 0 Å². The van der Waals surface area contributed by atoms with Crippen LogP contribution in [0.15, 0.2) is 43.0 Å². The summed E-state index contributed by atoms with van der Waals surface area (Å²) in [7, 11) is 0. The van der Waals surface area contributed by atoms with Crippen LogP contribution in [0.3, 0.4) is 0 Å². The fourth-order valence-electron chi connectivity index (χ4n) is 0.781. The molecule has 0 spiro atoms. The topological polar surface area (TPSA) is 0 Å². The smallest absolute Gasteiger partial charge is 0.0100 e. The number of allylic oxidation sites excluding steroid dienone is 1. The maximum absolute atomic E-state index is 3.66. The van der Waals surface area contributed by atoms with Gasteiger partial charge in [-0.25, -0.2) is 0 Å². The molecule has 11 heavy (non-hydrogen) atoms. The maximum Gasteiger partial charge on any atom is -0.0100 e. The molecule has 0 N–H and O–H groups in total. The molecule has 0 aliphatic carbocycles. The molecule has 1 aromatic carbocycles. The van der Waals surface area contributed by atoms with E-state index in [9.17, 15) is 0 Å². The van der Waals surface area contributed by atoms with Crippen molar-refractivity contribution < 1.29 is 0 Å². The summed E-state index contributed by atoms with van der Waals surface area (Å²) in [5, 5.41) is 0. The minimum absolute atomic E-state index is 0.973. The first-order valence-electron chi connectivity index (χ1n) is 3.53. The first-order chi connectivity index (χ1) is 5.43. The van der Waals surface area contributed by atoms with Crippen LogP contribution in [0.1, 0.15) is 5.56 Å². The lowest BCUT2D eigenvalue weighted by Crippen LogP contribution is -1.75. The Morgan fingerprint density at radius 3 is 2.27 bits per heavy atom. The zero-order chi connectivity index (χ0) is 8.53. The Labute approximate surface area is 74.4 Å². The highest BCUT2D eigenvalue weighted by Gasteiger charge is 1.82. The van der Waals surface area contributed by atoms with Crippen molar-refractivity contribution >= 4 is 12.6 Å². The van der Waals surface area contributed by atoms with Crippen LogP contribution >= 0.6 is 12.6 Å². The van der Waals surface area contributed by atoms with E-state index in [2.05, 4.69) is 31.3 Å². The molecule has 0 heterocycles. The van der Waals surface area contributed by atoms with Gasteiger partial charge in [0.2, 0.25) is 0 Å². The average molecular weight is 166 g/mol. The van der Waals surface area contributed by atoms with Gasteiger partial charge in [-0.2, -0.15) is 12.6 Å². The van der Waals surface area contributed by atoms with E-state index >= 15 is 0 Å². The molecule has 0 bridgehead atoms. The molecule has 0 unspecified atom stereocenters. The third kappa shape index (κ3) is 4.68. The summed E-state index contributed by atoms with van der Waals surface area (Å²) in [5.74, 6) is 0. The van der Waals surface area contributed by atoms with Crippen LogP contribution in [-0.2, 0) is 6.42 Å². The van der Waals surface area contributed by atoms with Crippen LogP contribution in [-0.4, -0.2) is 6.26 Å². The van der Waals surface area contributed by atoms with E-state index in [0.717, 1.165) is 6.42 Å². The molecule has 0 fully saturated rings. The summed E-state index contributed by atoms with van der Waals surface area (Å²) in [4.78, 5) is 0. The molecule has 0 atom stereocenters. The number of rotatable bonds is 2. The lowest BCUT2D eigenvalue weighted by molar-refractivity contribution is 1.28. The van der Waals surface area contributed by atoms with E-state index in [4.69, 9.17) is 0 Å². The fraction of sp³-hybridized carbons (Fsp3) is 0.200. The molecule has 0 aromatic heterocycles. The lowest BCUT2D eigenvalue weighted by atomic mass is 10.2. The normalized spacial score (nSPS) is 7.82. The van der Waals surface area contributed by atoms with Crippen LogP contribution in [0.25, 0.3) is 0 Å². The molecular formula is C10H14S. The van der Waals surface area contributed by atoms with Crippen molar-refractivity contribution in [1.82, 2.24) is 0 Å². The highest BCUT2D eigenvalue weighted by atomic mass is 32.1. The van der Waals surface area contributed by atoms with Crippen molar-refractivity contribution in [3.63, 3.8) is 0 Å². The molecule has 0 radical (unpaired) electrons. The number of hydrogen-bond donors (Lipinski definition) is 1. The Morgan fingerprint density at radius 1 is 1.27 bits per heavy atom. The molecule has 0 saturated carbocycles. The second-order valence-corrected chi connectivity index (χ2v) is 1.98. The average Bonchev–Trinajstić information content (AvgIpc) is 2.11. The van der Waals surface area contributed by atoms with Crippen molar-refractivity contribution in [1.29, 1.82) is 0 Å². The minimum atomic E-state index is 0.973. The number of thiol groups is 1. The second-order valence-electron chi connectivity index (χ2n) is 1.98. The molecule has 0 saturated heterocycles. The monoisotopic (exact) mass is 166 g/mol. The standard InChI is InChI=1S/C9H10.CH4S/c1-2-6-9-7-4-3-5-8-9;1-2/h2-5,7-8H,1,6H2;2H,1H3. The number of benzene rings is 1. The Balaban J connectivity index is 0.000000461. The maximum atomic E-state index is 3.66. The SMILES string of the molecule is C=CCc1ccccc1.CS. The number of hydrogen-bond acceptors (Lipinski definition) is 1. The van der Waals surface area contributed by atoms with E-state index in [1.54, 1.807) is 6.26 Å². The first kappa shape index (κ1) is 10.3. The molecule has 0 amide bonds. The van der Waals surface area contributed by atoms with Gasteiger partial charge in [-0.05, 0) is 18.2 Å². The van der Waals surface area contributed by atoms with Crippen LogP contribution in [0.2, 0.25) is 0 Å². The van der Waals surface area contributed by atoms with Crippen LogP contribution < -0.4 is 0 Å². The molecule has 0 aliphatic heterocycles. The van der Waals surface area contributed by atoms with Gasteiger partial charge in [-0.15, -0.1) is 6.58 Å².